The SMILES string of the molecule is COc1ccc(NC(=O)NCCC(=O)O)c(C)c1. The number of carboxylic acids is 1. The van der Waals surface area contributed by atoms with Crippen molar-refractivity contribution >= 4 is 17.7 Å². The summed E-state index contributed by atoms with van der Waals surface area (Å²) in [5.74, 6) is -0.236. The Morgan fingerprint density at radius 1 is 1.39 bits per heavy atom. The van der Waals surface area contributed by atoms with E-state index in [9.17, 15) is 9.59 Å². The maximum atomic E-state index is 11.5. The fourth-order valence-corrected chi connectivity index (χ4v) is 1.35. The Morgan fingerprint density at radius 3 is 2.67 bits per heavy atom. The molecule has 0 bridgehead atoms. The number of hydrogen-bond acceptors (Lipinski definition) is 3. The predicted octanol–water partition coefficient (Wildman–Crippen LogP) is 1.60. The fraction of sp³-hybridized carbons (Fsp3) is 0.333. The summed E-state index contributed by atoms with van der Waals surface area (Å²) in [4.78, 5) is 21.7. The minimum Gasteiger partial charge on any atom is -0.497 e. The lowest BCUT2D eigenvalue weighted by Crippen LogP contribution is -2.30. The molecule has 6 heteroatoms. The summed E-state index contributed by atoms with van der Waals surface area (Å²) in [7, 11) is 1.57. The van der Waals surface area contributed by atoms with Gasteiger partial charge in [-0.2, -0.15) is 0 Å². The molecule has 0 fully saturated rings. The lowest BCUT2D eigenvalue weighted by molar-refractivity contribution is -0.136. The Morgan fingerprint density at radius 2 is 2.11 bits per heavy atom. The first-order valence-electron chi connectivity index (χ1n) is 5.44. The number of carboxylic acid groups (broad SMARTS) is 1. The summed E-state index contributed by atoms with van der Waals surface area (Å²) >= 11 is 0. The van der Waals surface area contributed by atoms with Crippen LogP contribution in [0.5, 0.6) is 5.75 Å². The van der Waals surface area contributed by atoms with Crippen LogP contribution in [0.1, 0.15) is 12.0 Å². The Balaban J connectivity index is 2.51. The zero-order chi connectivity index (χ0) is 13.5. The summed E-state index contributed by atoms with van der Waals surface area (Å²) in [6.45, 7) is 1.94. The molecule has 0 saturated heterocycles. The molecular weight excluding hydrogens is 236 g/mol. The molecule has 0 heterocycles. The van der Waals surface area contributed by atoms with Gasteiger partial charge in [-0.25, -0.2) is 4.79 Å². The van der Waals surface area contributed by atoms with Gasteiger partial charge in [-0.1, -0.05) is 0 Å². The number of benzene rings is 1. The van der Waals surface area contributed by atoms with E-state index in [2.05, 4.69) is 10.6 Å². The second-order valence-corrected chi connectivity index (χ2v) is 3.71. The molecule has 0 spiro atoms. The maximum Gasteiger partial charge on any atom is 0.319 e. The van der Waals surface area contributed by atoms with Crippen molar-refractivity contribution < 1.29 is 19.4 Å². The Kier molecular flexibility index (Phi) is 4.98. The second-order valence-electron chi connectivity index (χ2n) is 3.71. The van der Waals surface area contributed by atoms with Gasteiger partial charge >= 0.3 is 12.0 Å². The van der Waals surface area contributed by atoms with Crippen LogP contribution in [0.3, 0.4) is 0 Å². The van der Waals surface area contributed by atoms with Crippen LogP contribution in [0, 0.1) is 6.92 Å². The number of aliphatic carboxylic acids is 1. The van der Waals surface area contributed by atoms with Crippen LogP contribution in [0.2, 0.25) is 0 Å². The molecule has 1 aromatic carbocycles. The third-order valence-electron chi connectivity index (χ3n) is 2.31. The molecular formula is C12H16N2O4. The molecule has 0 aliphatic rings. The van der Waals surface area contributed by atoms with E-state index in [0.29, 0.717) is 11.4 Å². The van der Waals surface area contributed by atoms with E-state index in [-0.39, 0.29) is 13.0 Å². The van der Waals surface area contributed by atoms with Crippen molar-refractivity contribution in [2.75, 3.05) is 19.0 Å². The normalized spacial score (nSPS) is 9.67. The van der Waals surface area contributed by atoms with Crippen molar-refractivity contribution in [1.82, 2.24) is 5.32 Å². The predicted molar refractivity (Wildman–Crippen MR) is 67.0 cm³/mol. The standard InChI is InChI=1S/C12H16N2O4/c1-8-7-9(18-2)3-4-10(8)14-12(17)13-6-5-11(15)16/h3-4,7H,5-6H2,1-2H3,(H,15,16)(H2,13,14,17). The highest BCUT2D eigenvalue weighted by molar-refractivity contribution is 5.90. The fourth-order valence-electron chi connectivity index (χ4n) is 1.35. The van der Waals surface area contributed by atoms with Crippen LogP contribution in [-0.2, 0) is 4.79 Å². The summed E-state index contributed by atoms with van der Waals surface area (Å²) in [5.41, 5.74) is 1.52. The third-order valence-corrected chi connectivity index (χ3v) is 2.31. The van der Waals surface area contributed by atoms with E-state index in [1.54, 1.807) is 25.3 Å². The number of carbonyl (C=O) groups excluding carboxylic acids is 1. The number of rotatable bonds is 5. The van der Waals surface area contributed by atoms with Gasteiger partial charge in [-0.15, -0.1) is 0 Å². The molecule has 0 saturated carbocycles. The minimum absolute atomic E-state index is 0.0936. The van der Waals surface area contributed by atoms with Gasteiger partial charge in [0.05, 0.1) is 13.5 Å². The van der Waals surface area contributed by atoms with Crippen LogP contribution >= 0.6 is 0 Å². The number of urea groups is 1. The molecule has 0 aliphatic heterocycles. The van der Waals surface area contributed by atoms with Crippen LogP contribution < -0.4 is 15.4 Å². The zero-order valence-corrected chi connectivity index (χ0v) is 10.3. The molecule has 0 aromatic heterocycles. The average molecular weight is 252 g/mol. The lowest BCUT2D eigenvalue weighted by atomic mass is 10.2. The maximum absolute atomic E-state index is 11.5. The van der Waals surface area contributed by atoms with E-state index >= 15 is 0 Å². The molecule has 1 aromatic rings. The molecule has 0 unspecified atom stereocenters. The summed E-state index contributed by atoms with van der Waals surface area (Å²) < 4.78 is 5.05. The van der Waals surface area contributed by atoms with Crippen LogP contribution in [0.4, 0.5) is 10.5 Å². The van der Waals surface area contributed by atoms with Crippen molar-refractivity contribution in [3.63, 3.8) is 0 Å². The number of anilines is 1. The number of aryl methyl sites for hydroxylation is 1. The average Bonchev–Trinajstić information content (AvgIpc) is 2.31. The highest BCUT2D eigenvalue weighted by Crippen LogP contribution is 2.20. The Labute approximate surface area is 105 Å². The number of methoxy groups -OCH3 is 1. The summed E-state index contributed by atoms with van der Waals surface area (Å²) in [6.07, 6.45) is -0.102. The smallest absolute Gasteiger partial charge is 0.319 e. The molecule has 2 amide bonds. The molecule has 98 valence electrons. The summed E-state index contributed by atoms with van der Waals surface area (Å²) in [6, 6.07) is 4.84. The van der Waals surface area contributed by atoms with Gasteiger partial charge in [-0.05, 0) is 30.7 Å². The zero-order valence-electron chi connectivity index (χ0n) is 10.3. The quantitative estimate of drug-likeness (QED) is 0.742. The molecule has 0 aliphatic carbocycles. The van der Waals surface area contributed by atoms with Crippen molar-refractivity contribution in [1.29, 1.82) is 0 Å². The minimum atomic E-state index is -0.948. The van der Waals surface area contributed by atoms with Gasteiger partial charge in [-0.3, -0.25) is 4.79 Å². The van der Waals surface area contributed by atoms with Gasteiger partial charge in [0, 0.05) is 12.2 Å². The number of amides is 2. The molecule has 18 heavy (non-hydrogen) atoms. The first kappa shape index (κ1) is 13.8. The van der Waals surface area contributed by atoms with E-state index in [1.165, 1.54) is 0 Å². The van der Waals surface area contributed by atoms with Crippen molar-refractivity contribution in [3.8, 4) is 5.75 Å². The highest BCUT2D eigenvalue weighted by Gasteiger charge is 2.05. The lowest BCUT2D eigenvalue weighted by Gasteiger charge is -2.10. The van der Waals surface area contributed by atoms with Crippen LogP contribution in [0.25, 0.3) is 0 Å². The highest BCUT2D eigenvalue weighted by atomic mass is 16.5. The Hall–Kier alpha value is -2.24. The van der Waals surface area contributed by atoms with Gasteiger partial charge in [0.2, 0.25) is 0 Å². The monoisotopic (exact) mass is 252 g/mol. The first-order chi connectivity index (χ1) is 8.52. The van der Waals surface area contributed by atoms with Crippen molar-refractivity contribution in [2.24, 2.45) is 0 Å². The van der Waals surface area contributed by atoms with Gasteiger partial charge < -0.3 is 20.5 Å². The van der Waals surface area contributed by atoms with E-state index in [0.717, 1.165) is 5.56 Å². The number of carbonyl (C=O) groups is 2. The number of ether oxygens (including phenoxy) is 1. The molecule has 0 atom stereocenters. The molecule has 3 N–H and O–H groups in total. The van der Waals surface area contributed by atoms with Crippen LogP contribution in [0.15, 0.2) is 18.2 Å². The molecule has 0 radical (unpaired) electrons. The van der Waals surface area contributed by atoms with E-state index < -0.39 is 12.0 Å². The summed E-state index contributed by atoms with van der Waals surface area (Å²) in [5, 5.41) is 13.5. The number of nitrogens with one attached hydrogen (secondary N) is 2. The number of hydrogen-bond donors (Lipinski definition) is 3. The van der Waals surface area contributed by atoms with Crippen molar-refractivity contribution in [3.05, 3.63) is 23.8 Å². The largest absolute Gasteiger partial charge is 0.497 e. The first-order valence-corrected chi connectivity index (χ1v) is 5.44. The van der Waals surface area contributed by atoms with Gasteiger partial charge in [0.15, 0.2) is 0 Å². The third kappa shape index (κ3) is 4.32. The van der Waals surface area contributed by atoms with E-state index in [4.69, 9.17) is 9.84 Å². The molecule has 6 nitrogen and oxygen atoms in total. The molecule has 1 rings (SSSR count). The van der Waals surface area contributed by atoms with Crippen molar-refractivity contribution in [2.45, 2.75) is 13.3 Å². The van der Waals surface area contributed by atoms with Gasteiger partial charge in [0.1, 0.15) is 5.75 Å². The van der Waals surface area contributed by atoms with Gasteiger partial charge in [0.25, 0.3) is 0 Å². The second kappa shape index (κ2) is 6.48. The topological polar surface area (TPSA) is 87.7 Å². The van der Waals surface area contributed by atoms with Crippen LogP contribution in [-0.4, -0.2) is 30.8 Å². The Bertz CT molecular complexity index is 446. The van der Waals surface area contributed by atoms with E-state index in [1.807, 2.05) is 6.92 Å².